The zero-order chi connectivity index (χ0) is 20.8. The van der Waals surface area contributed by atoms with Gasteiger partial charge in [0.1, 0.15) is 5.82 Å². The fourth-order valence-corrected chi connectivity index (χ4v) is 5.17. The van der Waals surface area contributed by atoms with Gasteiger partial charge in [-0.05, 0) is 67.1 Å². The molecule has 30 heavy (non-hydrogen) atoms. The molecular weight excluding hydrogens is 383 g/mol. The number of anilines is 1. The van der Waals surface area contributed by atoms with Crippen molar-refractivity contribution in [1.29, 1.82) is 0 Å². The molecule has 2 atom stereocenters. The number of carbonyl (C=O) groups excluding carboxylic acids is 3. The standard InChI is InChI=1S/C24H23FN2O3/c25-18-6-8-19(9-7-18)27-23(29)20-10-5-16(13-21(20)24(27)30)22(28)26-12-11-15-3-1-2-4-17(15)14-26/h5-10,13,15,17H,1-4,11-12,14H2/t15-,17-/m1/s1. The first-order valence-electron chi connectivity index (χ1n) is 10.6. The molecule has 1 aliphatic carbocycles. The first kappa shape index (κ1) is 19.0. The molecule has 0 unspecified atom stereocenters. The van der Waals surface area contributed by atoms with Gasteiger partial charge in [0.05, 0.1) is 16.8 Å². The highest BCUT2D eigenvalue weighted by Gasteiger charge is 2.38. The number of piperidine rings is 1. The number of halogens is 1. The largest absolute Gasteiger partial charge is 0.338 e. The molecule has 0 radical (unpaired) electrons. The Morgan fingerprint density at radius 2 is 1.57 bits per heavy atom. The normalized spacial score (nSPS) is 23.4. The van der Waals surface area contributed by atoms with Crippen LogP contribution < -0.4 is 4.90 Å². The van der Waals surface area contributed by atoms with E-state index in [0.29, 0.717) is 17.2 Å². The maximum absolute atomic E-state index is 13.2. The minimum atomic E-state index is -0.484. The molecule has 1 saturated heterocycles. The predicted molar refractivity (Wildman–Crippen MR) is 110 cm³/mol. The molecule has 0 N–H and O–H groups in total. The predicted octanol–water partition coefficient (Wildman–Crippen LogP) is 4.28. The summed E-state index contributed by atoms with van der Waals surface area (Å²) >= 11 is 0. The summed E-state index contributed by atoms with van der Waals surface area (Å²) in [6.45, 7) is 1.51. The Balaban J connectivity index is 1.39. The second-order valence-electron chi connectivity index (χ2n) is 8.53. The average molecular weight is 406 g/mol. The zero-order valence-electron chi connectivity index (χ0n) is 16.6. The molecule has 5 rings (SSSR count). The van der Waals surface area contributed by atoms with E-state index >= 15 is 0 Å². The van der Waals surface area contributed by atoms with Crippen molar-refractivity contribution in [3.63, 3.8) is 0 Å². The Hall–Kier alpha value is -3.02. The van der Waals surface area contributed by atoms with Crippen molar-refractivity contribution in [3.05, 3.63) is 65.0 Å². The lowest BCUT2D eigenvalue weighted by Gasteiger charge is -2.41. The molecule has 154 valence electrons. The summed E-state index contributed by atoms with van der Waals surface area (Å²) in [5.74, 6) is -0.160. The topological polar surface area (TPSA) is 57.7 Å². The minimum Gasteiger partial charge on any atom is -0.338 e. The lowest BCUT2D eigenvalue weighted by Crippen LogP contribution is -2.44. The molecule has 2 fully saturated rings. The molecular formula is C24H23FN2O3. The van der Waals surface area contributed by atoms with E-state index in [2.05, 4.69) is 0 Å². The number of rotatable bonds is 2. The third-order valence-electron chi connectivity index (χ3n) is 6.80. The van der Waals surface area contributed by atoms with E-state index in [-0.39, 0.29) is 17.0 Å². The second-order valence-corrected chi connectivity index (χ2v) is 8.53. The Morgan fingerprint density at radius 1 is 0.867 bits per heavy atom. The number of hydrogen-bond acceptors (Lipinski definition) is 3. The van der Waals surface area contributed by atoms with Crippen molar-refractivity contribution >= 4 is 23.4 Å². The van der Waals surface area contributed by atoms with Gasteiger partial charge in [0, 0.05) is 18.7 Å². The van der Waals surface area contributed by atoms with Crippen LogP contribution in [0.1, 0.15) is 63.2 Å². The van der Waals surface area contributed by atoms with Gasteiger partial charge in [-0.25, -0.2) is 9.29 Å². The summed E-state index contributed by atoms with van der Waals surface area (Å²) < 4.78 is 13.2. The van der Waals surface area contributed by atoms with Crippen LogP contribution in [0.5, 0.6) is 0 Å². The van der Waals surface area contributed by atoms with Crippen molar-refractivity contribution in [2.45, 2.75) is 32.1 Å². The van der Waals surface area contributed by atoms with E-state index in [0.717, 1.165) is 30.3 Å². The number of amides is 3. The van der Waals surface area contributed by atoms with Gasteiger partial charge < -0.3 is 4.90 Å². The van der Waals surface area contributed by atoms with E-state index in [4.69, 9.17) is 0 Å². The number of benzene rings is 2. The number of likely N-dealkylation sites (tertiary alicyclic amines) is 1. The first-order valence-corrected chi connectivity index (χ1v) is 10.6. The monoisotopic (exact) mass is 406 g/mol. The molecule has 6 heteroatoms. The van der Waals surface area contributed by atoms with Crippen molar-refractivity contribution in [2.24, 2.45) is 11.8 Å². The van der Waals surface area contributed by atoms with E-state index in [1.54, 1.807) is 12.1 Å². The molecule has 3 amide bonds. The lowest BCUT2D eigenvalue weighted by molar-refractivity contribution is 0.0520. The summed E-state index contributed by atoms with van der Waals surface area (Å²) in [4.78, 5) is 41.7. The van der Waals surface area contributed by atoms with E-state index in [1.165, 1.54) is 56.0 Å². The Bertz CT molecular complexity index is 1030. The van der Waals surface area contributed by atoms with E-state index in [9.17, 15) is 18.8 Å². The van der Waals surface area contributed by atoms with Gasteiger partial charge in [-0.1, -0.05) is 19.3 Å². The van der Waals surface area contributed by atoms with Gasteiger partial charge in [0.2, 0.25) is 0 Å². The van der Waals surface area contributed by atoms with Gasteiger partial charge in [-0.2, -0.15) is 0 Å². The molecule has 0 bridgehead atoms. The third kappa shape index (κ3) is 3.11. The molecule has 2 aliphatic heterocycles. The van der Waals surface area contributed by atoms with Crippen LogP contribution in [0.4, 0.5) is 10.1 Å². The summed E-state index contributed by atoms with van der Waals surface area (Å²) in [7, 11) is 0. The smallest absolute Gasteiger partial charge is 0.266 e. The number of nitrogens with zero attached hydrogens (tertiary/aromatic N) is 2. The third-order valence-corrected chi connectivity index (χ3v) is 6.80. The van der Waals surface area contributed by atoms with Crippen LogP contribution in [0.25, 0.3) is 0 Å². The Labute approximate surface area is 174 Å². The van der Waals surface area contributed by atoms with Crippen molar-refractivity contribution in [2.75, 3.05) is 18.0 Å². The molecule has 2 heterocycles. The molecule has 3 aliphatic rings. The summed E-state index contributed by atoms with van der Waals surface area (Å²) in [6.07, 6.45) is 6.01. The van der Waals surface area contributed by atoms with Crippen LogP contribution in [0, 0.1) is 17.7 Å². The number of fused-ring (bicyclic) bond motifs is 2. The molecule has 5 nitrogen and oxygen atoms in total. The van der Waals surface area contributed by atoms with Crippen molar-refractivity contribution in [3.8, 4) is 0 Å². The SMILES string of the molecule is O=C(c1ccc2c(c1)C(=O)N(c1ccc(F)cc1)C2=O)N1CC[C@H]2CCCC[C@@H]2C1. The van der Waals surface area contributed by atoms with Crippen LogP contribution in [-0.4, -0.2) is 35.7 Å². The van der Waals surface area contributed by atoms with Crippen LogP contribution in [0.2, 0.25) is 0 Å². The molecule has 2 aromatic carbocycles. The molecule has 0 spiro atoms. The second kappa shape index (κ2) is 7.35. The van der Waals surface area contributed by atoms with Crippen LogP contribution in [0.15, 0.2) is 42.5 Å². The van der Waals surface area contributed by atoms with Gasteiger partial charge >= 0.3 is 0 Å². The highest BCUT2D eigenvalue weighted by Crippen LogP contribution is 2.37. The summed E-state index contributed by atoms with van der Waals surface area (Å²) in [5.41, 5.74) is 1.24. The summed E-state index contributed by atoms with van der Waals surface area (Å²) in [5, 5.41) is 0. The van der Waals surface area contributed by atoms with Crippen LogP contribution in [-0.2, 0) is 0 Å². The molecule has 0 aromatic heterocycles. The Morgan fingerprint density at radius 3 is 2.33 bits per heavy atom. The van der Waals surface area contributed by atoms with Gasteiger partial charge in [0.25, 0.3) is 17.7 Å². The van der Waals surface area contributed by atoms with Crippen LogP contribution >= 0.6 is 0 Å². The quantitative estimate of drug-likeness (QED) is 0.700. The minimum absolute atomic E-state index is 0.0812. The molecule has 2 aromatic rings. The number of carbonyl (C=O) groups is 3. The highest BCUT2D eigenvalue weighted by molar-refractivity contribution is 6.34. The first-order chi connectivity index (χ1) is 14.5. The number of hydrogen-bond donors (Lipinski definition) is 0. The number of imide groups is 1. The van der Waals surface area contributed by atoms with Crippen molar-refractivity contribution < 1.29 is 18.8 Å². The van der Waals surface area contributed by atoms with Crippen LogP contribution in [0.3, 0.4) is 0 Å². The van der Waals surface area contributed by atoms with E-state index < -0.39 is 17.6 Å². The van der Waals surface area contributed by atoms with Crippen molar-refractivity contribution in [1.82, 2.24) is 4.90 Å². The van der Waals surface area contributed by atoms with Gasteiger partial charge in [0.15, 0.2) is 0 Å². The maximum Gasteiger partial charge on any atom is 0.266 e. The fraction of sp³-hybridized carbons (Fsp3) is 0.375. The molecule has 1 saturated carbocycles. The van der Waals surface area contributed by atoms with E-state index in [1.807, 2.05) is 4.90 Å². The summed E-state index contributed by atoms with van der Waals surface area (Å²) in [6, 6.07) is 9.95. The average Bonchev–Trinajstić information content (AvgIpc) is 3.03. The van der Waals surface area contributed by atoms with Gasteiger partial charge in [-0.15, -0.1) is 0 Å². The van der Waals surface area contributed by atoms with Gasteiger partial charge in [-0.3, -0.25) is 14.4 Å². The lowest BCUT2D eigenvalue weighted by atomic mass is 9.75. The Kier molecular flexibility index (Phi) is 4.65. The fourth-order valence-electron chi connectivity index (χ4n) is 5.17. The maximum atomic E-state index is 13.2. The zero-order valence-corrected chi connectivity index (χ0v) is 16.6. The highest BCUT2D eigenvalue weighted by atomic mass is 19.1.